The third kappa shape index (κ3) is 4.78. The van der Waals surface area contributed by atoms with Crippen LogP contribution >= 0.6 is 38.9 Å². The van der Waals surface area contributed by atoms with E-state index in [0.717, 1.165) is 45.8 Å². The molecule has 0 bridgehead atoms. The van der Waals surface area contributed by atoms with Gasteiger partial charge < -0.3 is 10.2 Å². The van der Waals surface area contributed by atoms with Gasteiger partial charge in [-0.3, -0.25) is 4.79 Å². The van der Waals surface area contributed by atoms with Gasteiger partial charge in [-0.25, -0.2) is 4.99 Å². The van der Waals surface area contributed by atoms with Gasteiger partial charge in [0, 0.05) is 39.4 Å². The fraction of sp³-hybridized carbons (Fsp3) is 0.182. The van der Waals surface area contributed by atoms with E-state index in [0.29, 0.717) is 10.6 Å². The summed E-state index contributed by atoms with van der Waals surface area (Å²) in [6, 6.07) is 15.1. The van der Waals surface area contributed by atoms with E-state index in [1.54, 1.807) is 35.6 Å². The number of anilines is 1. The van der Waals surface area contributed by atoms with E-state index in [2.05, 4.69) is 33.2 Å². The zero-order chi connectivity index (χ0) is 20.4. The third-order valence-electron chi connectivity index (χ3n) is 4.76. The van der Waals surface area contributed by atoms with Crippen LogP contribution in [0.15, 0.2) is 58.0 Å². The molecule has 1 aliphatic rings. The number of aliphatic imine (C=N–C) groups is 1. The molecule has 1 amide bonds. The summed E-state index contributed by atoms with van der Waals surface area (Å²) in [6.07, 6.45) is 2.66. The molecule has 0 atom stereocenters. The van der Waals surface area contributed by atoms with Crippen LogP contribution in [-0.4, -0.2) is 30.6 Å². The number of thiophene rings is 1. The predicted octanol–water partition coefficient (Wildman–Crippen LogP) is 6.15. The molecule has 4 rings (SSSR count). The van der Waals surface area contributed by atoms with Gasteiger partial charge in [-0.2, -0.15) is 0 Å². The minimum Gasteiger partial charge on any atom is -0.322 e. The molecular weight excluding hydrogens is 470 g/mol. The number of hydrogen-bond acceptors (Lipinski definition) is 4. The molecule has 0 unspecified atom stereocenters. The van der Waals surface area contributed by atoms with Crippen molar-refractivity contribution in [2.45, 2.75) is 13.0 Å². The van der Waals surface area contributed by atoms with Gasteiger partial charge in [-0.05, 0) is 61.0 Å². The van der Waals surface area contributed by atoms with Crippen LogP contribution in [0.25, 0.3) is 0 Å². The zero-order valence-electron chi connectivity index (χ0n) is 15.8. The highest BCUT2D eigenvalue weighted by Crippen LogP contribution is 2.39. The lowest BCUT2D eigenvalue weighted by Crippen LogP contribution is -2.26. The summed E-state index contributed by atoms with van der Waals surface area (Å²) in [5.41, 5.74) is 3.50. The first kappa shape index (κ1) is 20.3. The van der Waals surface area contributed by atoms with E-state index in [-0.39, 0.29) is 5.91 Å². The van der Waals surface area contributed by atoms with Crippen molar-refractivity contribution in [2.75, 3.05) is 18.9 Å². The molecule has 148 valence electrons. The Bertz CT molecular complexity index is 1060. The van der Waals surface area contributed by atoms with Crippen LogP contribution in [0.3, 0.4) is 0 Å². The summed E-state index contributed by atoms with van der Waals surface area (Å²) < 4.78 is 1.02. The Morgan fingerprint density at radius 3 is 2.66 bits per heavy atom. The van der Waals surface area contributed by atoms with Crippen molar-refractivity contribution in [3.05, 3.63) is 79.6 Å². The molecule has 1 aromatic heterocycles. The Kier molecular flexibility index (Phi) is 6.15. The highest BCUT2D eigenvalue weighted by molar-refractivity contribution is 9.10. The minimum absolute atomic E-state index is 0.127. The summed E-state index contributed by atoms with van der Waals surface area (Å²) in [5, 5.41) is 4.38. The molecule has 0 fully saturated rings. The molecule has 0 saturated heterocycles. The number of nitrogens with zero attached hydrogens (tertiary/aromatic N) is 2. The second kappa shape index (κ2) is 8.79. The van der Waals surface area contributed by atoms with Crippen LogP contribution in [0, 0.1) is 0 Å². The van der Waals surface area contributed by atoms with Crippen LogP contribution in [0.5, 0.6) is 0 Å². The quantitative estimate of drug-likeness (QED) is 0.447. The van der Waals surface area contributed by atoms with Crippen molar-refractivity contribution in [1.82, 2.24) is 4.90 Å². The molecular formula is C22H19BrClN3OS. The predicted molar refractivity (Wildman–Crippen MR) is 125 cm³/mol. The standard InChI is InChI=1S/C22H19BrClN3OS/c1-27-11-10-18-19(13-27)29-22(25-12-14-2-4-15(23)5-3-14)20(18)21(28)26-17-8-6-16(24)7-9-17/h2-9,12H,10-11,13H2,1H3,(H,26,28)/b25-12+. The summed E-state index contributed by atoms with van der Waals surface area (Å²) in [7, 11) is 2.10. The number of nitrogens with one attached hydrogen (secondary N) is 1. The van der Waals surface area contributed by atoms with Gasteiger partial charge in [0.2, 0.25) is 0 Å². The van der Waals surface area contributed by atoms with Crippen molar-refractivity contribution in [3.8, 4) is 0 Å². The number of amides is 1. The second-order valence-corrected chi connectivity index (χ2v) is 9.38. The number of rotatable bonds is 4. The van der Waals surface area contributed by atoms with Crippen LogP contribution in [0.2, 0.25) is 5.02 Å². The highest BCUT2D eigenvalue weighted by Gasteiger charge is 2.26. The van der Waals surface area contributed by atoms with Gasteiger partial charge in [0.25, 0.3) is 5.91 Å². The average Bonchev–Trinajstić information content (AvgIpc) is 3.06. The van der Waals surface area contributed by atoms with E-state index in [9.17, 15) is 4.79 Å². The smallest absolute Gasteiger partial charge is 0.259 e. The van der Waals surface area contributed by atoms with Gasteiger partial charge in [0.05, 0.1) is 5.56 Å². The fourth-order valence-electron chi connectivity index (χ4n) is 3.25. The van der Waals surface area contributed by atoms with Crippen LogP contribution in [0.4, 0.5) is 10.7 Å². The first-order valence-corrected chi connectivity index (χ1v) is 11.2. The molecule has 2 aromatic carbocycles. The summed E-state index contributed by atoms with van der Waals surface area (Å²) in [5.74, 6) is -0.127. The van der Waals surface area contributed by atoms with Crippen molar-refractivity contribution >= 4 is 61.7 Å². The number of carbonyl (C=O) groups excluding carboxylic acids is 1. The molecule has 1 aliphatic heterocycles. The Morgan fingerprint density at radius 1 is 1.21 bits per heavy atom. The van der Waals surface area contributed by atoms with Crippen molar-refractivity contribution < 1.29 is 4.79 Å². The van der Waals surface area contributed by atoms with E-state index in [4.69, 9.17) is 16.6 Å². The number of likely N-dealkylation sites (N-methyl/N-ethyl adjacent to an activating group) is 1. The molecule has 0 spiro atoms. The monoisotopic (exact) mass is 487 g/mol. The number of carbonyl (C=O) groups is 1. The Balaban J connectivity index is 1.67. The number of halogens is 2. The van der Waals surface area contributed by atoms with Gasteiger partial charge in [-0.1, -0.05) is 39.7 Å². The molecule has 0 aliphatic carbocycles. The third-order valence-corrected chi connectivity index (χ3v) is 6.66. The summed E-state index contributed by atoms with van der Waals surface area (Å²) >= 11 is 11.0. The topological polar surface area (TPSA) is 44.7 Å². The zero-order valence-corrected chi connectivity index (χ0v) is 18.9. The maximum Gasteiger partial charge on any atom is 0.259 e. The summed E-state index contributed by atoms with van der Waals surface area (Å²) in [6.45, 7) is 1.77. The second-order valence-electron chi connectivity index (χ2n) is 6.94. The number of hydrogen-bond donors (Lipinski definition) is 1. The number of fused-ring (bicyclic) bond motifs is 1. The van der Waals surface area contributed by atoms with Crippen molar-refractivity contribution in [2.24, 2.45) is 4.99 Å². The Labute approximate surface area is 187 Å². The molecule has 2 heterocycles. The van der Waals surface area contributed by atoms with Crippen LogP contribution < -0.4 is 5.32 Å². The maximum atomic E-state index is 13.2. The van der Waals surface area contributed by atoms with Gasteiger partial charge in [0.1, 0.15) is 5.00 Å². The largest absolute Gasteiger partial charge is 0.322 e. The minimum atomic E-state index is -0.127. The van der Waals surface area contributed by atoms with E-state index in [1.165, 1.54) is 4.88 Å². The lowest BCUT2D eigenvalue weighted by Gasteiger charge is -2.22. The first-order valence-electron chi connectivity index (χ1n) is 9.19. The first-order chi connectivity index (χ1) is 14.0. The highest BCUT2D eigenvalue weighted by atomic mass is 79.9. The number of benzene rings is 2. The maximum absolute atomic E-state index is 13.2. The lowest BCUT2D eigenvalue weighted by atomic mass is 10.0. The van der Waals surface area contributed by atoms with E-state index < -0.39 is 0 Å². The Hall–Kier alpha value is -1.99. The van der Waals surface area contributed by atoms with Gasteiger partial charge in [-0.15, -0.1) is 11.3 Å². The van der Waals surface area contributed by atoms with Crippen LogP contribution in [0.1, 0.15) is 26.4 Å². The molecule has 0 radical (unpaired) electrons. The molecule has 1 N–H and O–H groups in total. The van der Waals surface area contributed by atoms with E-state index in [1.807, 2.05) is 30.5 Å². The van der Waals surface area contributed by atoms with Gasteiger partial charge >= 0.3 is 0 Å². The fourth-order valence-corrected chi connectivity index (χ4v) is 4.91. The Morgan fingerprint density at radius 2 is 1.93 bits per heavy atom. The molecule has 4 nitrogen and oxygen atoms in total. The normalized spacial score (nSPS) is 14.2. The average molecular weight is 489 g/mol. The molecule has 3 aromatic rings. The molecule has 29 heavy (non-hydrogen) atoms. The lowest BCUT2D eigenvalue weighted by molar-refractivity contribution is 0.102. The molecule has 0 saturated carbocycles. The molecule has 7 heteroatoms. The van der Waals surface area contributed by atoms with Crippen molar-refractivity contribution in [1.29, 1.82) is 0 Å². The summed E-state index contributed by atoms with van der Waals surface area (Å²) in [4.78, 5) is 21.3. The van der Waals surface area contributed by atoms with Gasteiger partial charge in [0.15, 0.2) is 0 Å². The SMILES string of the molecule is CN1CCc2c(sc(/N=C/c3ccc(Br)cc3)c2C(=O)Nc2ccc(Cl)cc2)C1. The van der Waals surface area contributed by atoms with Crippen molar-refractivity contribution in [3.63, 3.8) is 0 Å². The van der Waals surface area contributed by atoms with Crippen LogP contribution in [-0.2, 0) is 13.0 Å². The van der Waals surface area contributed by atoms with E-state index >= 15 is 0 Å².